The van der Waals surface area contributed by atoms with E-state index in [-0.39, 0.29) is 29.9 Å². The lowest BCUT2D eigenvalue weighted by atomic mass is 9.92. The molecule has 1 N–H and O–H groups in total. The highest BCUT2D eigenvalue weighted by molar-refractivity contribution is 6.31. The number of ether oxygens (including phenoxy) is 2. The molecule has 6 nitrogen and oxygen atoms in total. The lowest BCUT2D eigenvalue weighted by molar-refractivity contribution is -0.130. The van der Waals surface area contributed by atoms with Crippen LogP contribution in [0.3, 0.4) is 0 Å². The summed E-state index contributed by atoms with van der Waals surface area (Å²) in [4.78, 5) is 27.6. The molecule has 3 aromatic rings. The van der Waals surface area contributed by atoms with Crippen molar-refractivity contribution in [1.29, 1.82) is 0 Å². The number of alkyl carbamates (subject to hydrolysis) is 1. The van der Waals surface area contributed by atoms with Crippen molar-refractivity contribution in [3.8, 4) is 11.3 Å². The van der Waals surface area contributed by atoms with Gasteiger partial charge in [0.2, 0.25) is 0 Å². The van der Waals surface area contributed by atoms with E-state index >= 15 is 0 Å². The van der Waals surface area contributed by atoms with E-state index < -0.39 is 17.4 Å². The minimum atomic E-state index is -1.19. The van der Waals surface area contributed by atoms with Gasteiger partial charge in [-0.3, -0.25) is 4.79 Å². The number of pyridine rings is 1. The maximum absolute atomic E-state index is 13.6. The first-order chi connectivity index (χ1) is 15.3. The average molecular weight is 477 g/mol. The number of nitrogens with zero attached hydrogens (tertiary/aromatic N) is 1. The van der Waals surface area contributed by atoms with Gasteiger partial charge in [-0.15, -0.1) is 0 Å². The Kier molecular flexibility index (Phi) is 7.66. The minimum Gasteiger partial charge on any atom is -0.465 e. The molecule has 1 aromatic heterocycles. The molecule has 0 fully saturated rings. The third-order valence-corrected chi connectivity index (χ3v) is 5.16. The van der Waals surface area contributed by atoms with Gasteiger partial charge in [0.05, 0.1) is 16.3 Å². The molecule has 1 heterocycles. The number of halogens is 3. The second-order valence-corrected chi connectivity index (χ2v) is 7.91. The first-order valence-corrected chi connectivity index (χ1v) is 10.2. The van der Waals surface area contributed by atoms with Crippen molar-refractivity contribution in [3.05, 3.63) is 87.8 Å². The highest BCUT2D eigenvalue weighted by Gasteiger charge is 2.32. The van der Waals surface area contributed by atoms with E-state index in [4.69, 9.17) is 32.7 Å². The molecule has 0 saturated carbocycles. The molecule has 1 amide bonds. The molecule has 0 aliphatic carbocycles. The fourth-order valence-electron chi connectivity index (χ4n) is 3.00. The van der Waals surface area contributed by atoms with Gasteiger partial charge in [0.25, 0.3) is 6.47 Å². The summed E-state index contributed by atoms with van der Waals surface area (Å²) < 4.78 is 23.8. The van der Waals surface area contributed by atoms with Crippen LogP contribution in [0.2, 0.25) is 10.2 Å². The molecule has 0 aliphatic heterocycles. The Labute approximate surface area is 194 Å². The molecule has 2 aromatic carbocycles. The normalized spacial score (nSPS) is 12.5. The maximum atomic E-state index is 13.6. The summed E-state index contributed by atoms with van der Waals surface area (Å²) in [5, 5.41) is 2.77. The van der Waals surface area contributed by atoms with E-state index in [2.05, 4.69) is 10.3 Å². The number of carbonyl (C=O) groups is 2. The van der Waals surface area contributed by atoms with Crippen LogP contribution in [-0.4, -0.2) is 24.2 Å². The van der Waals surface area contributed by atoms with Gasteiger partial charge >= 0.3 is 6.09 Å². The van der Waals surface area contributed by atoms with E-state index in [9.17, 15) is 14.0 Å². The van der Waals surface area contributed by atoms with Crippen molar-refractivity contribution < 1.29 is 23.5 Å². The van der Waals surface area contributed by atoms with Crippen LogP contribution < -0.4 is 5.32 Å². The molecule has 9 heteroatoms. The zero-order valence-electron chi connectivity index (χ0n) is 17.0. The Balaban J connectivity index is 1.88. The molecule has 0 radical (unpaired) electrons. The second kappa shape index (κ2) is 10.4. The average Bonchev–Trinajstić information content (AvgIpc) is 2.78. The first-order valence-electron chi connectivity index (χ1n) is 9.48. The van der Waals surface area contributed by atoms with Crippen LogP contribution in [0.4, 0.5) is 9.18 Å². The van der Waals surface area contributed by atoms with Gasteiger partial charge in [0.1, 0.15) is 24.2 Å². The summed E-state index contributed by atoms with van der Waals surface area (Å²) in [6, 6.07) is 16.5. The topological polar surface area (TPSA) is 77.5 Å². The Hall–Kier alpha value is -3.16. The molecule has 0 saturated heterocycles. The number of amides is 1. The number of hydrogen-bond acceptors (Lipinski definition) is 5. The largest absolute Gasteiger partial charge is 0.465 e. The number of hydrogen-bond donors (Lipinski definition) is 1. The lowest BCUT2D eigenvalue weighted by Gasteiger charge is -2.30. The molecule has 1 atom stereocenters. The fraction of sp³-hybridized carbons (Fsp3) is 0.174. The predicted octanol–water partition coefficient (Wildman–Crippen LogP) is 5.51. The van der Waals surface area contributed by atoms with Gasteiger partial charge in [-0.25, -0.2) is 14.2 Å². The minimum absolute atomic E-state index is 0.0632. The van der Waals surface area contributed by atoms with Crippen LogP contribution in [0.1, 0.15) is 18.1 Å². The van der Waals surface area contributed by atoms with E-state index in [1.807, 2.05) is 30.3 Å². The van der Waals surface area contributed by atoms with Crippen LogP contribution in [0.5, 0.6) is 0 Å². The molecule has 0 aliphatic rings. The van der Waals surface area contributed by atoms with E-state index in [0.717, 1.165) is 5.56 Å². The second-order valence-electron chi connectivity index (χ2n) is 7.12. The molecular weight excluding hydrogens is 458 g/mol. The Morgan fingerprint density at radius 3 is 2.59 bits per heavy atom. The third-order valence-electron chi connectivity index (χ3n) is 4.68. The van der Waals surface area contributed by atoms with E-state index in [1.54, 1.807) is 13.0 Å². The quantitative estimate of drug-likeness (QED) is 0.342. The molecule has 0 bridgehead atoms. The molecule has 166 valence electrons. The van der Waals surface area contributed by atoms with Gasteiger partial charge in [-0.2, -0.15) is 0 Å². The Bertz CT molecular complexity index is 1110. The summed E-state index contributed by atoms with van der Waals surface area (Å²) in [5.41, 5.74) is 1.03. The maximum Gasteiger partial charge on any atom is 0.408 e. The van der Waals surface area contributed by atoms with Gasteiger partial charge in [0, 0.05) is 5.56 Å². The van der Waals surface area contributed by atoms with Crippen LogP contribution in [-0.2, 0) is 26.4 Å². The van der Waals surface area contributed by atoms with Crippen molar-refractivity contribution in [2.45, 2.75) is 19.1 Å². The van der Waals surface area contributed by atoms with Crippen molar-refractivity contribution in [2.24, 2.45) is 0 Å². The monoisotopic (exact) mass is 476 g/mol. The first kappa shape index (κ1) is 23.5. The van der Waals surface area contributed by atoms with E-state index in [1.165, 1.54) is 24.3 Å². The standard InChI is InChI=1S/C23H19Cl2FN2O4/c1-23(13-31-14-29,28-22(30)32-12-15-5-3-2-4-6-15)17-10-20(27-21(25)11-17)16-7-8-19(26)18(24)9-16/h2-11,14H,12-13H2,1H3,(H,28,30). The fourth-order valence-corrected chi connectivity index (χ4v) is 3.38. The predicted molar refractivity (Wildman–Crippen MR) is 119 cm³/mol. The van der Waals surface area contributed by atoms with Crippen LogP contribution in [0.25, 0.3) is 11.3 Å². The summed E-state index contributed by atoms with van der Waals surface area (Å²) in [7, 11) is 0. The summed E-state index contributed by atoms with van der Waals surface area (Å²) >= 11 is 12.1. The highest BCUT2D eigenvalue weighted by Crippen LogP contribution is 2.30. The van der Waals surface area contributed by atoms with Crippen molar-refractivity contribution in [1.82, 2.24) is 10.3 Å². The summed E-state index contributed by atoms with van der Waals surface area (Å²) in [6.07, 6.45) is -0.717. The summed E-state index contributed by atoms with van der Waals surface area (Å²) in [6.45, 7) is 1.79. The number of aromatic nitrogens is 1. The lowest BCUT2D eigenvalue weighted by Crippen LogP contribution is -2.47. The smallest absolute Gasteiger partial charge is 0.408 e. The van der Waals surface area contributed by atoms with E-state index in [0.29, 0.717) is 16.8 Å². The zero-order chi connectivity index (χ0) is 23.1. The van der Waals surface area contributed by atoms with Gasteiger partial charge in [-0.1, -0.05) is 53.5 Å². The molecule has 1 unspecified atom stereocenters. The number of rotatable bonds is 8. The molecule has 32 heavy (non-hydrogen) atoms. The number of nitrogens with one attached hydrogen (secondary N) is 1. The zero-order valence-corrected chi connectivity index (χ0v) is 18.5. The van der Waals surface area contributed by atoms with Crippen molar-refractivity contribution in [3.63, 3.8) is 0 Å². The Morgan fingerprint density at radius 1 is 1.16 bits per heavy atom. The molecular formula is C23H19Cl2FN2O4. The van der Waals surface area contributed by atoms with Gasteiger partial charge in [0.15, 0.2) is 0 Å². The van der Waals surface area contributed by atoms with Crippen LogP contribution in [0.15, 0.2) is 60.7 Å². The third kappa shape index (κ3) is 5.96. The van der Waals surface area contributed by atoms with Gasteiger partial charge < -0.3 is 14.8 Å². The Morgan fingerprint density at radius 2 is 1.91 bits per heavy atom. The number of carbonyl (C=O) groups excluding carboxylic acids is 2. The molecule has 3 rings (SSSR count). The molecule has 0 spiro atoms. The highest BCUT2D eigenvalue weighted by atomic mass is 35.5. The SMILES string of the molecule is CC(COC=O)(NC(=O)OCc1ccccc1)c1cc(Cl)nc(-c2ccc(F)c(Cl)c2)c1. The van der Waals surface area contributed by atoms with Crippen LogP contribution >= 0.6 is 23.2 Å². The van der Waals surface area contributed by atoms with Crippen molar-refractivity contribution in [2.75, 3.05) is 6.61 Å². The summed E-state index contributed by atoms with van der Waals surface area (Å²) in [5.74, 6) is -0.565. The van der Waals surface area contributed by atoms with Crippen molar-refractivity contribution >= 4 is 35.8 Å². The number of benzene rings is 2. The van der Waals surface area contributed by atoms with Crippen LogP contribution in [0, 0.1) is 5.82 Å². The van der Waals surface area contributed by atoms with Gasteiger partial charge in [-0.05, 0) is 48.4 Å².